The summed E-state index contributed by atoms with van der Waals surface area (Å²) in [6.07, 6.45) is 3.88. The lowest BCUT2D eigenvalue weighted by atomic mass is 9.96. The molecule has 0 amide bonds. The molecule has 1 aliphatic carbocycles. The number of fused-ring (bicyclic) bond motifs is 5. The predicted molar refractivity (Wildman–Crippen MR) is 87.6 cm³/mol. The number of likely N-dealkylation sites (tertiary alicyclic amines) is 1. The Kier molecular flexibility index (Phi) is 3.48. The molecule has 21 heavy (non-hydrogen) atoms. The summed E-state index contributed by atoms with van der Waals surface area (Å²) in [6, 6.07) is 17.9. The number of hydrogen-bond acceptors (Lipinski definition) is 1. The van der Waals surface area contributed by atoms with E-state index in [1.54, 1.807) is 5.56 Å². The third-order valence-electron chi connectivity index (χ3n) is 5.02. The lowest BCUT2D eigenvalue weighted by Crippen LogP contribution is -2.27. The van der Waals surface area contributed by atoms with Crippen molar-refractivity contribution in [2.45, 2.75) is 37.8 Å². The van der Waals surface area contributed by atoms with Crippen molar-refractivity contribution >= 4 is 11.6 Å². The van der Waals surface area contributed by atoms with Crippen LogP contribution in [0.25, 0.3) is 0 Å². The van der Waals surface area contributed by atoms with E-state index in [9.17, 15) is 0 Å². The fourth-order valence-corrected chi connectivity index (χ4v) is 4.23. The molecule has 2 atom stereocenters. The maximum Gasteiger partial charge on any atom is 0.0409 e. The van der Waals surface area contributed by atoms with E-state index in [2.05, 4.69) is 53.4 Å². The number of rotatable bonds is 2. The third kappa shape index (κ3) is 2.49. The van der Waals surface area contributed by atoms with Gasteiger partial charge in [-0.2, -0.15) is 0 Å². The molecule has 2 aromatic carbocycles. The molecule has 1 fully saturated rings. The molecule has 108 valence electrons. The summed E-state index contributed by atoms with van der Waals surface area (Å²) >= 11 is 6.24. The van der Waals surface area contributed by atoms with Crippen LogP contribution >= 0.6 is 11.6 Å². The minimum Gasteiger partial charge on any atom is -0.292 e. The molecule has 0 radical (unpaired) electrons. The molecule has 2 heteroatoms. The quantitative estimate of drug-likeness (QED) is 0.739. The summed E-state index contributed by atoms with van der Waals surface area (Å²) in [5, 5.41) is 0.875. The highest BCUT2D eigenvalue weighted by Gasteiger charge is 2.36. The topological polar surface area (TPSA) is 3.24 Å². The zero-order chi connectivity index (χ0) is 14.2. The van der Waals surface area contributed by atoms with E-state index in [0.29, 0.717) is 6.04 Å². The van der Waals surface area contributed by atoms with Gasteiger partial charge in [-0.05, 0) is 60.5 Å². The van der Waals surface area contributed by atoms with E-state index >= 15 is 0 Å². The Morgan fingerprint density at radius 2 is 1.90 bits per heavy atom. The summed E-state index contributed by atoms with van der Waals surface area (Å²) in [5.74, 6) is 0.739. The van der Waals surface area contributed by atoms with Crippen LogP contribution in [0.3, 0.4) is 0 Å². The summed E-state index contributed by atoms with van der Waals surface area (Å²) in [5.41, 5.74) is 4.43. The Hall–Kier alpha value is -1.31. The molecule has 1 saturated heterocycles. The number of benzene rings is 2. The lowest BCUT2D eigenvalue weighted by Gasteiger charge is -2.29. The van der Waals surface area contributed by atoms with Crippen LogP contribution in [-0.2, 0) is 6.54 Å². The van der Waals surface area contributed by atoms with Gasteiger partial charge in [0.25, 0.3) is 0 Å². The maximum absolute atomic E-state index is 6.24. The molecule has 2 aromatic rings. The van der Waals surface area contributed by atoms with Crippen molar-refractivity contribution in [3.8, 4) is 0 Å². The van der Waals surface area contributed by atoms with Crippen LogP contribution in [0.2, 0.25) is 5.02 Å². The van der Waals surface area contributed by atoms with Gasteiger partial charge in [0.15, 0.2) is 0 Å². The van der Waals surface area contributed by atoms with Crippen LogP contribution in [0.15, 0.2) is 48.5 Å². The van der Waals surface area contributed by atoms with Crippen LogP contribution in [-0.4, -0.2) is 11.4 Å². The van der Waals surface area contributed by atoms with Crippen molar-refractivity contribution < 1.29 is 0 Å². The van der Waals surface area contributed by atoms with Crippen molar-refractivity contribution in [1.29, 1.82) is 0 Å². The Balaban J connectivity index is 1.67. The van der Waals surface area contributed by atoms with E-state index in [1.165, 1.54) is 36.9 Å². The first-order chi connectivity index (χ1) is 10.3. The number of halogens is 1. The second kappa shape index (κ2) is 5.47. The fraction of sp³-hybridized carbons (Fsp3) is 0.368. The van der Waals surface area contributed by atoms with Crippen molar-refractivity contribution in [2.75, 3.05) is 6.54 Å². The van der Waals surface area contributed by atoms with Crippen LogP contribution < -0.4 is 0 Å². The molecule has 1 unspecified atom stereocenters. The lowest BCUT2D eigenvalue weighted by molar-refractivity contribution is 0.197. The van der Waals surface area contributed by atoms with E-state index in [0.717, 1.165) is 17.5 Å². The standard InChI is InChI=1S/C19H20ClN/c20-16-8-9-17-15-7-4-10-21(19(11-15)18(17)12-16)13-14-5-2-1-3-6-14/h1-3,5-6,8-9,12,15,19H,4,7,10-11,13H2/t15?,19-/m1/s1. The van der Waals surface area contributed by atoms with E-state index in [1.807, 2.05) is 0 Å². The molecule has 1 aliphatic heterocycles. The van der Waals surface area contributed by atoms with Gasteiger partial charge in [0.1, 0.15) is 0 Å². The highest BCUT2D eigenvalue weighted by molar-refractivity contribution is 6.30. The number of nitrogens with zero attached hydrogens (tertiary/aromatic N) is 1. The smallest absolute Gasteiger partial charge is 0.0409 e. The van der Waals surface area contributed by atoms with Gasteiger partial charge < -0.3 is 0 Å². The third-order valence-corrected chi connectivity index (χ3v) is 5.26. The van der Waals surface area contributed by atoms with Crippen LogP contribution in [0.1, 0.15) is 47.9 Å². The van der Waals surface area contributed by atoms with Gasteiger partial charge in [-0.25, -0.2) is 0 Å². The average molecular weight is 298 g/mol. The van der Waals surface area contributed by atoms with E-state index in [4.69, 9.17) is 11.6 Å². The van der Waals surface area contributed by atoms with Crippen molar-refractivity contribution in [2.24, 2.45) is 0 Å². The van der Waals surface area contributed by atoms with E-state index < -0.39 is 0 Å². The maximum atomic E-state index is 6.24. The second-order valence-corrected chi connectivity index (χ2v) is 6.76. The summed E-state index contributed by atoms with van der Waals surface area (Å²) in [4.78, 5) is 2.65. The fourth-order valence-electron chi connectivity index (χ4n) is 4.05. The zero-order valence-electron chi connectivity index (χ0n) is 12.1. The predicted octanol–water partition coefficient (Wildman–Crippen LogP) is 5.16. The summed E-state index contributed by atoms with van der Waals surface area (Å²) in [7, 11) is 0. The number of hydrogen-bond donors (Lipinski definition) is 0. The zero-order valence-corrected chi connectivity index (χ0v) is 12.9. The largest absolute Gasteiger partial charge is 0.292 e. The molecule has 2 bridgehead atoms. The van der Waals surface area contributed by atoms with Crippen LogP contribution in [0.4, 0.5) is 0 Å². The monoisotopic (exact) mass is 297 g/mol. The normalized spacial score (nSPS) is 24.6. The Bertz CT molecular complexity index is 637. The van der Waals surface area contributed by atoms with Crippen LogP contribution in [0.5, 0.6) is 0 Å². The van der Waals surface area contributed by atoms with Crippen molar-refractivity contribution in [3.05, 3.63) is 70.2 Å². The highest BCUT2D eigenvalue weighted by Crippen LogP contribution is 2.48. The van der Waals surface area contributed by atoms with Gasteiger partial charge in [-0.3, -0.25) is 4.90 Å². The minimum absolute atomic E-state index is 0.548. The SMILES string of the molecule is Clc1ccc2c(c1)[C@H]1CC2CCCN1Cc1ccccc1. The van der Waals surface area contributed by atoms with Crippen LogP contribution in [0, 0.1) is 0 Å². The summed E-state index contributed by atoms with van der Waals surface area (Å²) < 4.78 is 0. The van der Waals surface area contributed by atoms with Gasteiger partial charge in [0, 0.05) is 17.6 Å². The molecule has 1 heterocycles. The molecule has 4 rings (SSSR count). The molecule has 2 aliphatic rings. The Labute approximate surface area is 131 Å². The van der Waals surface area contributed by atoms with Gasteiger partial charge in [-0.1, -0.05) is 48.0 Å². The van der Waals surface area contributed by atoms with Gasteiger partial charge in [0.05, 0.1) is 0 Å². The minimum atomic E-state index is 0.548. The summed E-state index contributed by atoms with van der Waals surface area (Å²) in [6.45, 7) is 2.24. The molecule has 0 spiro atoms. The van der Waals surface area contributed by atoms with Crippen molar-refractivity contribution in [3.63, 3.8) is 0 Å². The molecule has 0 N–H and O–H groups in total. The highest BCUT2D eigenvalue weighted by atomic mass is 35.5. The molecule has 0 aromatic heterocycles. The average Bonchev–Trinajstić information content (AvgIpc) is 2.71. The second-order valence-electron chi connectivity index (χ2n) is 6.32. The molecule has 0 saturated carbocycles. The Morgan fingerprint density at radius 1 is 1.05 bits per heavy atom. The first-order valence-electron chi connectivity index (χ1n) is 7.88. The molecular weight excluding hydrogens is 278 g/mol. The first kappa shape index (κ1) is 13.4. The van der Waals surface area contributed by atoms with E-state index in [-0.39, 0.29) is 0 Å². The molecular formula is C19H20ClN. The molecule has 1 nitrogen and oxygen atoms in total. The first-order valence-corrected chi connectivity index (χ1v) is 8.26. The van der Waals surface area contributed by atoms with Gasteiger partial charge >= 0.3 is 0 Å². The van der Waals surface area contributed by atoms with Gasteiger partial charge in [-0.15, -0.1) is 0 Å². The van der Waals surface area contributed by atoms with Crippen molar-refractivity contribution in [1.82, 2.24) is 4.90 Å². The Morgan fingerprint density at radius 3 is 2.76 bits per heavy atom. The van der Waals surface area contributed by atoms with Gasteiger partial charge in [0.2, 0.25) is 0 Å².